The summed E-state index contributed by atoms with van der Waals surface area (Å²) in [5, 5.41) is 1.21. The predicted molar refractivity (Wildman–Crippen MR) is 110 cm³/mol. The van der Waals surface area contributed by atoms with Crippen LogP contribution in [0, 0.1) is 0 Å². The van der Waals surface area contributed by atoms with Gasteiger partial charge in [0, 0.05) is 17.7 Å². The lowest BCUT2D eigenvalue weighted by atomic mass is 10.1. The summed E-state index contributed by atoms with van der Waals surface area (Å²) < 4.78 is 13.4. The SMILES string of the molecule is COc1ccc(C(=O)/C=C/c2ccc(OC3CSc4cccc[n+]43)cc2)cc1.[Cl-]. The summed E-state index contributed by atoms with van der Waals surface area (Å²) >= 11 is 1.79. The topological polar surface area (TPSA) is 39.4 Å². The van der Waals surface area contributed by atoms with Crippen LogP contribution in [0.2, 0.25) is 0 Å². The fourth-order valence-electron chi connectivity index (χ4n) is 2.97. The van der Waals surface area contributed by atoms with Crippen molar-refractivity contribution in [2.75, 3.05) is 12.9 Å². The van der Waals surface area contributed by atoms with Gasteiger partial charge in [-0.1, -0.05) is 18.2 Å². The molecule has 148 valence electrons. The van der Waals surface area contributed by atoms with E-state index in [-0.39, 0.29) is 24.4 Å². The molecule has 1 atom stereocenters. The number of ether oxygens (including phenoxy) is 2. The molecule has 0 amide bonds. The number of ketones is 1. The third-order valence-electron chi connectivity index (χ3n) is 4.49. The van der Waals surface area contributed by atoms with Crippen molar-refractivity contribution in [3.05, 3.63) is 90.1 Å². The molecular weight excluding hydrogens is 406 g/mol. The van der Waals surface area contributed by atoms with E-state index in [4.69, 9.17) is 9.47 Å². The summed E-state index contributed by atoms with van der Waals surface area (Å²) in [5.74, 6) is 2.40. The summed E-state index contributed by atoms with van der Waals surface area (Å²) in [7, 11) is 1.60. The van der Waals surface area contributed by atoms with E-state index in [1.165, 1.54) is 5.03 Å². The molecule has 0 spiro atoms. The average Bonchev–Trinajstić information content (AvgIpc) is 3.16. The number of hydrogen-bond acceptors (Lipinski definition) is 4. The number of rotatable bonds is 6. The van der Waals surface area contributed by atoms with E-state index in [1.54, 1.807) is 49.2 Å². The van der Waals surface area contributed by atoms with Gasteiger partial charge >= 0.3 is 6.23 Å². The van der Waals surface area contributed by atoms with E-state index in [9.17, 15) is 4.79 Å². The van der Waals surface area contributed by atoms with Crippen LogP contribution in [0.15, 0.2) is 84.0 Å². The predicted octanol–water partition coefficient (Wildman–Crippen LogP) is 1.57. The zero-order chi connectivity index (χ0) is 19.3. The molecule has 4 nitrogen and oxygen atoms in total. The number of fused-ring (bicyclic) bond motifs is 1. The molecule has 0 aliphatic carbocycles. The molecule has 0 saturated heterocycles. The number of aromatic nitrogens is 1. The maximum absolute atomic E-state index is 12.3. The van der Waals surface area contributed by atoms with Crippen molar-refractivity contribution in [1.82, 2.24) is 0 Å². The number of methoxy groups -OCH3 is 1. The summed E-state index contributed by atoms with van der Waals surface area (Å²) in [6.45, 7) is 0. The van der Waals surface area contributed by atoms with Crippen molar-refractivity contribution >= 4 is 23.6 Å². The number of carbonyl (C=O) groups excluding carboxylic acids is 1. The van der Waals surface area contributed by atoms with Gasteiger partial charge in [0.15, 0.2) is 12.0 Å². The van der Waals surface area contributed by atoms with Crippen LogP contribution in [0.5, 0.6) is 11.5 Å². The third-order valence-corrected chi connectivity index (χ3v) is 5.58. The van der Waals surface area contributed by atoms with E-state index in [0.717, 1.165) is 22.8 Å². The van der Waals surface area contributed by atoms with Crippen molar-refractivity contribution in [3.8, 4) is 11.5 Å². The summed E-state index contributed by atoms with van der Waals surface area (Å²) in [4.78, 5) is 12.3. The maximum Gasteiger partial charge on any atom is 0.312 e. The van der Waals surface area contributed by atoms with E-state index >= 15 is 0 Å². The van der Waals surface area contributed by atoms with Gasteiger partial charge in [-0.3, -0.25) is 4.79 Å². The minimum absolute atomic E-state index is 0. The van der Waals surface area contributed by atoms with Gasteiger partial charge in [0.2, 0.25) is 5.03 Å². The van der Waals surface area contributed by atoms with Crippen LogP contribution >= 0.6 is 11.8 Å². The largest absolute Gasteiger partial charge is 1.00 e. The Morgan fingerprint density at radius 3 is 2.48 bits per heavy atom. The number of hydrogen-bond donors (Lipinski definition) is 0. The Morgan fingerprint density at radius 1 is 1.03 bits per heavy atom. The summed E-state index contributed by atoms with van der Waals surface area (Å²) in [6.07, 6.45) is 5.43. The zero-order valence-electron chi connectivity index (χ0n) is 15.8. The van der Waals surface area contributed by atoms with Crippen LogP contribution in [-0.2, 0) is 0 Å². The second-order valence-corrected chi connectivity index (χ2v) is 7.37. The Bertz CT molecular complexity index is 1000. The van der Waals surface area contributed by atoms with Gasteiger partial charge < -0.3 is 21.9 Å². The highest BCUT2D eigenvalue weighted by molar-refractivity contribution is 7.99. The maximum atomic E-state index is 12.3. The second-order valence-electron chi connectivity index (χ2n) is 6.32. The van der Waals surface area contributed by atoms with Gasteiger partial charge in [0.25, 0.3) is 0 Å². The van der Waals surface area contributed by atoms with Gasteiger partial charge in [-0.25, -0.2) is 0 Å². The van der Waals surface area contributed by atoms with E-state index in [1.807, 2.05) is 48.7 Å². The number of thioether (sulfide) groups is 1. The van der Waals surface area contributed by atoms with Gasteiger partial charge in [-0.15, -0.1) is 0 Å². The Labute approximate surface area is 180 Å². The van der Waals surface area contributed by atoms with Crippen LogP contribution in [0.25, 0.3) is 6.08 Å². The molecule has 4 rings (SSSR count). The molecular formula is C23H20ClNO3S. The number of benzene rings is 2. The van der Waals surface area contributed by atoms with Crippen LogP contribution < -0.4 is 26.4 Å². The molecule has 0 bridgehead atoms. The molecule has 1 aliphatic heterocycles. The van der Waals surface area contributed by atoms with Gasteiger partial charge in [-0.05, 0) is 65.9 Å². The minimum atomic E-state index is -0.0426. The average molecular weight is 426 g/mol. The van der Waals surface area contributed by atoms with Crippen LogP contribution in [-0.4, -0.2) is 18.6 Å². The van der Waals surface area contributed by atoms with Crippen LogP contribution in [0.3, 0.4) is 0 Å². The highest BCUT2D eigenvalue weighted by atomic mass is 35.5. The molecule has 2 heterocycles. The lowest BCUT2D eigenvalue weighted by molar-refractivity contribution is -0.775. The first-order valence-electron chi connectivity index (χ1n) is 8.99. The summed E-state index contributed by atoms with van der Waals surface area (Å²) in [6, 6.07) is 21.0. The lowest BCUT2D eigenvalue weighted by Crippen LogP contribution is -3.00. The number of halogens is 1. The van der Waals surface area contributed by atoms with Crippen molar-refractivity contribution in [2.45, 2.75) is 11.3 Å². The standard InChI is InChI=1S/C23H20NO3S.ClH/c1-26-19-12-8-18(9-13-19)21(25)14-7-17-5-10-20(11-6-17)27-22-16-28-23-4-2-3-15-24(22)23;/h2-15,22H,16H2,1H3;1H/q+1;/p-1/b14-7+;. The first-order valence-corrected chi connectivity index (χ1v) is 9.98. The van der Waals surface area contributed by atoms with E-state index < -0.39 is 0 Å². The molecule has 3 aromatic rings. The van der Waals surface area contributed by atoms with E-state index in [0.29, 0.717) is 5.56 Å². The minimum Gasteiger partial charge on any atom is -1.00 e. The first-order chi connectivity index (χ1) is 13.7. The smallest absolute Gasteiger partial charge is 0.312 e. The summed E-state index contributed by atoms with van der Waals surface area (Å²) in [5.41, 5.74) is 1.58. The molecule has 0 radical (unpaired) electrons. The third kappa shape index (κ3) is 5.00. The fraction of sp³-hybridized carbons (Fsp3) is 0.130. The number of nitrogens with zero attached hydrogens (tertiary/aromatic N) is 1. The molecule has 1 unspecified atom stereocenters. The van der Waals surface area contributed by atoms with Crippen molar-refractivity contribution < 1.29 is 31.2 Å². The molecule has 2 aromatic carbocycles. The number of pyridine rings is 1. The molecule has 1 aromatic heterocycles. The van der Waals surface area contributed by atoms with Crippen molar-refractivity contribution in [1.29, 1.82) is 0 Å². The van der Waals surface area contributed by atoms with Crippen molar-refractivity contribution in [2.24, 2.45) is 0 Å². The zero-order valence-corrected chi connectivity index (χ0v) is 17.4. The van der Waals surface area contributed by atoms with Crippen molar-refractivity contribution in [3.63, 3.8) is 0 Å². The lowest BCUT2D eigenvalue weighted by Gasteiger charge is -2.09. The Kier molecular flexibility index (Phi) is 6.96. The van der Waals surface area contributed by atoms with Gasteiger partial charge in [0.05, 0.1) is 7.11 Å². The molecule has 0 fully saturated rings. The monoisotopic (exact) mass is 425 g/mol. The van der Waals surface area contributed by atoms with Gasteiger partial charge in [-0.2, -0.15) is 4.57 Å². The quantitative estimate of drug-likeness (QED) is 0.341. The molecule has 29 heavy (non-hydrogen) atoms. The van der Waals surface area contributed by atoms with E-state index in [2.05, 4.69) is 10.6 Å². The van der Waals surface area contributed by atoms with Crippen LogP contribution in [0.1, 0.15) is 22.1 Å². The molecule has 6 heteroatoms. The van der Waals surface area contributed by atoms with Crippen LogP contribution in [0.4, 0.5) is 0 Å². The Morgan fingerprint density at radius 2 is 1.76 bits per heavy atom. The Balaban J connectivity index is 0.00000240. The normalized spacial score (nSPS) is 14.9. The fourth-order valence-corrected chi connectivity index (χ4v) is 4.01. The highest BCUT2D eigenvalue weighted by Crippen LogP contribution is 2.28. The molecule has 0 N–H and O–H groups in total. The number of carbonyl (C=O) groups is 1. The molecule has 0 saturated carbocycles. The first kappa shape index (κ1) is 21.0. The molecule has 1 aliphatic rings. The van der Waals surface area contributed by atoms with Gasteiger partial charge in [0.1, 0.15) is 17.3 Å². The Hall–Kier alpha value is -2.76. The number of allylic oxidation sites excluding steroid dienone is 1. The second kappa shape index (κ2) is 9.63. The highest BCUT2D eigenvalue weighted by Gasteiger charge is 2.32.